The summed E-state index contributed by atoms with van der Waals surface area (Å²) in [6.45, 7) is 1.24. The second-order valence-electron chi connectivity index (χ2n) is 5.43. The Morgan fingerprint density at radius 1 is 1.09 bits per heavy atom. The predicted octanol–water partition coefficient (Wildman–Crippen LogP) is 3.19. The normalized spacial score (nSPS) is 13.8. The first kappa shape index (κ1) is 15.0. The zero-order valence-corrected chi connectivity index (χ0v) is 12.5. The number of amides is 1. The Balaban J connectivity index is 1.74. The Kier molecular flexibility index (Phi) is 4.19. The van der Waals surface area contributed by atoms with Crippen LogP contribution in [-0.2, 0) is 17.8 Å². The van der Waals surface area contributed by atoms with Crippen LogP contribution in [0.15, 0.2) is 54.6 Å². The van der Waals surface area contributed by atoms with Gasteiger partial charge in [0.05, 0.1) is 10.5 Å². The number of hydrogen-bond acceptors (Lipinski definition) is 3. The summed E-state index contributed by atoms with van der Waals surface area (Å²) in [6.07, 6.45) is 3.76. The third kappa shape index (κ3) is 3.29. The molecule has 1 aliphatic heterocycles. The minimum atomic E-state index is -0.443. The Morgan fingerprint density at radius 3 is 2.57 bits per heavy atom. The van der Waals surface area contributed by atoms with Crippen LogP contribution in [-0.4, -0.2) is 22.3 Å². The summed E-state index contributed by atoms with van der Waals surface area (Å²) < 4.78 is 0. The van der Waals surface area contributed by atoms with Gasteiger partial charge < -0.3 is 4.90 Å². The molecule has 1 amide bonds. The van der Waals surface area contributed by atoms with E-state index in [0.29, 0.717) is 18.7 Å². The molecule has 0 fully saturated rings. The summed E-state index contributed by atoms with van der Waals surface area (Å²) in [5.74, 6) is -0.127. The van der Waals surface area contributed by atoms with E-state index in [4.69, 9.17) is 0 Å². The van der Waals surface area contributed by atoms with E-state index >= 15 is 0 Å². The van der Waals surface area contributed by atoms with Crippen molar-refractivity contribution < 1.29 is 9.72 Å². The molecule has 5 heteroatoms. The number of fused-ring (bicyclic) bond motifs is 1. The maximum Gasteiger partial charge on any atom is 0.276 e. The van der Waals surface area contributed by atoms with Crippen molar-refractivity contribution in [3.63, 3.8) is 0 Å². The SMILES string of the molecule is O=C(/C=C/c1ccccc1[N+](=O)[O-])N1CCc2ccccc2C1. The van der Waals surface area contributed by atoms with Crippen LogP contribution >= 0.6 is 0 Å². The minimum Gasteiger partial charge on any atom is -0.334 e. The van der Waals surface area contributed by atoms with Gasteiger partial charge in [-0.05, 0) is 29.7 Å². The summed E-state index contributed by atoms with van der Waals surface area (Å²) in [6, 6.07) is 14.5. The van der Waals surface area contributed by atoms with Crippen LogP contribution in [0.2, 0.25) is 0 Å². The van der Waals surface area contributed by atoms with Crippen LogP contribution < -0.4 is 0 Å². The number of nitro benzene ring substituents is 1. The van der Waals surface area contributed by atoms with Gasteiger partial charge in [0.2, 0.25) is 5.91 Å². The lowest BCUT2D eigenvalue weighted by atomic mass is 10.00. The standard InChI is InChI=1S/C18H16N2O3/c21-18(10-9-15-6-3-4-8-17(15)20(22)23)19-12-11-14-5-1-2-7-16(14)13-19/h1-10H,11-13H2/b10-9+. The van der Waals surface area contributed by atoms with Gasteiger partial charge in [0, 0.05) is 25.2 Å². The van der Waals surface area contributed by atoms with E-state index in [9.17, 15) is 14.9 Å². The fourth-order valence-corrected chi connectivity index (χ4v) is 2.75. The molecule has 3 rings (SSSR count). The molecule has 0 atom stereocenters. The van der Waals surface area contributed by atoms with Crippen molar-refractivity contribution in [2.24, 2.45) is 0 Å². The van der Waals surface area contributed by atoms with Crippen LogP contribution in [0, 0.1) is 10.1 Å². The van der Waals surface area contributed by atoms with E-state index in [1.165, 1.54) is 23.8 Å². The van der Waals surface area contributed by atoms with E-state index in [1.54, 1.807) is 23.1 Å². The van der Waals surface area contributed by atoms with Gasteiger partial charge in [-0.2, -0.15) is 0 Å². The lowest BCUT2D eigenvalue weighted by molar-refractivity contribution is -0.385. The molecule has 5 nitrogen and oxygen atoms in total. The zero-order chi connectivity index (χ0) is 16.2. The highest BCUT2D eigenvalue weighted by Crippen LogP contribution is 2.21. The summed E-state index contributed by atoms with van der Waals surface area (Å²) in [7, 11) is 0. The second kappa shape index (κ2) is 6.44. The van der Waals surface area contributed by atoms with Gasteiger partial charge in [0.25, 0.3) is 5.69 Å². The summed E-state index contributed by atoms with van der Waals surface area (Å²) in [5.41, 5.74) is 2.87. The summed E-state index contributed by atoms with van der Waals surface area (Å²) >= 11 is 0. The lowest BCUT2D eigenvalue weighted by Gasteiger charge is -2.27. The first-order valence-electron chi connectivity index (χ1n) is 7.42. The van der Waals surface area contributed by atoms with Crippen molar-refractivity contribution in [1.82, 2.24) is 4.90 Å². The number of rotatable bonds is 3. The predicted molar refractivity (Wildman–Crippen MR) is 87.7 cm³/mol. The molecule has 0 spiro atoms. The first-order chi connectivity index (χ1) is 11.1. The molecule has 0 aliphatic carbocycles. The molecule has 0 aromatic heterocycles. The number of nitrogens with zero attached hydrogens (tertiary/aromatic N) is 2. The van der Waals surface area contributed by atoms with Gasteiger partial charge in [0.15, 0.2) is 0 Å². The van der Waals surface area contributed by atoms with Crippen molar-refractivity contribution >= 4 is 17.7 Å². The van der Waals surface area contributed by atoms with Crippen molar-refractivity contribution in [2.75, 3.05) is 6.54 Å². The van der Waals surface area contributed by atoms with E-state index < -0.39 is 4.92 Å². The molecule has 23 heavy (non-hydrogen) atoms. The molecular weight excluding hydrogens is 292 g/mol. The first-order valence-corrected chi connectivity index (χ1v) is 7.42. The molecule has 0 radical (unpaired) electrons. The maximum atomic E-state index is 12.3. The molecular formula is C18H16N2O3. The third-order valence-electron chi connectivity index (χ3n) is 3.98. The van der Waals surface area contributed by atoms with E-state index in [1.807, 2.05) is 18.2 Å². The number of nitro groups is 1. The van der Waals surface area contributed by atoms with Gasteiger partial charge in [-0.3, -0.25) is 14.9 Å². The fourth-order valence-electron chi connectivity index (χ4n) is 2.75. The maximum absolute atomic E-state index is 12.3. The lowest BCUT2D eigenvalue weighted by Crippen LogP contribution is -2.34. The quantitative estimate of drug-likeness (QED) is 0.497. The van der Waals surface area contributed by atoms with Gasteiger partial charge in [-0.1, -0.05) is 36.4 Å². The monoisotopic (exact) mass is 308 g/mol. The summed E-state index contributed by atoms with van der Waals surface area (Å²) in [4.78, 5) is 24.6. The molecule has 0 N–H and O–H groups in total. The van der Waals surface area contributed by atoms with Crippen molar-refractivity contribution in [3.05, 3.63) is 81.4 Å². The Morgan fingerprint density at radius 2 is 1.78 bits per heavy atom. The average Bonchev–Trinajstić information content (AvgIpc) is 2.59. The van der Waals surface area contributed by atoms with Crippen molar-refractivity contribution in [2.45, 2.75) is 13.0 Å². The topological polar surface area (TPSA) is 63.4 Å². The largest absolute Gasteiger partial charge is 0.334 e. The molecule has 0 saturated heterocycles. The molecule has 0 saturated carbocycles. The number of carbonyl (C=O) groups excluding carboxylic acids is 1. The molecule has 1 aliphatic rings. The molecule has 0 unspecified atom stereocenters. The highest BCUT2D eigenvalue weighted by atomic mass is 16.6. The smallest absolute Gasteiger partial charge is 0.276 e. The van der Waals surface area contributed by atoms with Gasteiger partial charge in [-0.15, -0.1) is 0 Å². The second-order valence-corrected chi connectivity index (χ2v) is 5.43. The van der Waals surface area contributed by atoms with Gasteiger partial charge >= 0.3 is 0 Å². The van der Waals surface area contributed by atoms with Crippen LogP contribution in [0.4, 0.5) is 5.69 Å². The molecule has 0 bridgehead atoms. The Bertz CT molecular complexity index is 783. The highest BCUT2D eigenvalue weighted by molar-refractivity contribution is 5.92. The van der Waals surface area contributed by atoms with E-state index in [-0.39, 0.29) is 11.6 Å². The zero-order valence-electron chi connectivity index (χ0n) is 12.5. The minimum absolute atomic E-state index is 0.000500. The number of carbonyl (C=O) groups is 1. The molecule has 2 aromatic rings. The average molecular weight is 308 g/mol. The number of hydrogen-bond donors (Lipinski definition) is 0. The Labute approximate surface area is 134 Å². The molecule has 1 heterocycles. The van der Waals surface area contributed by atoms with Crippen molar-refractivity contribution in [3.8, 4) is 0 Å². The fraction of sp³-hybridized carbons (Fsp3) is 0.167. The van der Waals surface area contributed by atoms with Gasteiger partial charge in [-0.25, -0.2) is 0 Å². The van der Waals surface area contributed by atoms with E-state index in [2.05, 4.69) is 6.07 Å². The van der Waals surface area contributed by atoms with Crippen LogP contribution in [0.5, 0.6) is 0 Å². The Hall–Kier alpha value is -2.95. The molecule has 116 valence electrons. The van der Waals surface area contributed by atoms with Crippen LogP contribution in [0.1, 0.15) is 16.7 Å². The third-order valence-corrected chi connectivity index (χ3v) is 3.98. The van der Waals surface area contributed by atoms with Gasteiger partial charge in [0.1, 0.15) is 0 Å². The van der Waals surface area contributed by atoms with Crippen LogP contribution in [0.25, 0.3) is 6.08 Å². The van der Waals surface area contributed by atoms with Crippen molar-refractivity contribution in [1.29, 1.82) is 0 Å². The van der Waals surface area contributed by atoms with E-state index in [0.717, 1.165) is 12.0 Å². The highest BCUT2D eigenvalue weighted by Gasteiger charge is 2.19. The molecule has 2 aromatic carbocycles. The van der Waals surface area contributed by atoms with Crippen LogP contribution in [0.3, 0.4) is 0 Å². The summed E-state index contributed by atoms with van der Waals surface area (Å²) in [5, 5.41) is 11.0. The number of benzene rings is 2. The number of para-hydroxylation sites is 1.